The molecule has 0 spiro atoms. The van der Waals surface area contributed by atoms with Gasteiger partial charge in [-0.25, -0.2) is 4.98 Å². The number of carbonyl (C=O) groups excluding carboxylic acids is 1. The molecule has 18 heavy (non-hydrogen) atoms. The number of carbonyl (C=O) groups is 1. The molecule has 0 saturated carbocycles. The molecule has 0 saturated heterocycles. The fourth-order valence-corrected chi connectivity index (χ4v) is 2.37. The number of nitrogens with one attached hydrogen (secondary N) is 1. The fourth-order valence-electron chi connectivity index (χ4n) is 1.35. The minimum absolute atomic E-state index is 0.298. The van der Waals surface area contributed by atoms with Gasteiger partial charge in [0.15, 0.2) is 0 Å². The Balaban J connectivity index is 2.22. The first-order valence-corrected chi connectivity index (χ1v) is 6.48. The minimum atomic E-state index is -0.298. The van der Waals surface area contributed by atoms with E-state index in [1.54, 1.807) is 30.3 Å². The van der Waals surface area contributed by atoms with E-state index in [-0.39, 0.29) is 5.91 Å². The molecule has 92 valence electrons. The molecular weight excluding hydrogens is 339 g/mol. The first-order chi connectivity index (χ1) is 8.54. The lowest BCUT2D eigenvalue weighted by atomic mass is 10.2. The van der Waals surface area contributed by atoms with Crippen LogP contribution in [-0.4, -0.2) is 10.9 Å². The van der Waals surface area contributed by atoms with Crippen LogP contribution in [0.25, 0.3) is 0 Å². The largest absolute Gasteiger partial charge is 0.307 e. The lowest BCUT2D eigenvalue weighted by molar-refractivity contribution is 0.102. The number of benzene rings is 1. The zero-order chi connectivity index (χ0) is 13.1. The van der Waals surface area contributed by atoms with Crippen LogP contribution in [0.15, 0.2) is 41.0 Å². The lowest BCUT2D eigenvalue weighted by Crippen LogP contribution is -2.12. The second kappa shape index (κ2) is 5.69. The Bertz CT molecular complexity index is 584. The van der Waals surface area contributed by atoms with Crippen LogP contribution in [0.4, 0.5) is 5.82 Å². The minimum Gasteiger partial charge on any atom is -0.307 e. The van der Waals surface area contributed by atoms with Crippen molar-refractivity contribution >= 4 is 50.9 Å². The molecule has 0 radical (unpaired) electrons. The van der Waals surface area contributed by atoms with E-state index in [1.165, 1.54) is 6.20 Å². The molecule has 0 aliphatic rings. The molecule has 6 heteroatoms. The number of rotatable bonds is 2. The van der Waals surface area contributed by atoms with E-state index in [4.69, 9.17) is 23.2 Å². The van der Waals surface area contributed by atoms with E-state index >= 15 is 0 Å². The number of halogens is 3. The Hall–Kier alpha value is -1.10. The predicted octanol–water partition coefficient (Wildman–Crippen LogP) is 4.40. The Morgan fingerprint density at radius 3 is 2.61 bits per heavy atom. The highest BCUT2D eigenvalue weighted by Crippen LogP contribution is 2.20. The molecule has 1 heterocycles. The van der Waals surface area contributed by atoms with Gasteiger partial charge in [0.2, 0.25) is 0 Å². The number of anilines is 1. The smallest absolute Gasteiger partial charge is 0.256 e. The lowest BCUT2D eigenvalue weighted by Gasteiger charge is -2.05. The van der Waals surface area contributed by atoms with E-state index in [9.17, 15) is 4.79 Å². The monoisotopic (exact) mass is 344 g/mol. The van der Waals surface area contributed by atoms with Gasteiger partial charge in [-0.15, -0.1) is 0 Å². The summed E-state index contributed by atoms with van der Waals surface area (Å²) in [6, 6.07) is 8.15. The number of hydrogen-bond acceptors (Lipinski definition) is 2. The van der Waals surface area contributed by atoms with Crippen molar-refractivity contribution in [3.63, 3.8) is 0 Å². The van der Waals surface area contributed by atoms with Crippen molar-refractivity contribution in [2.45, 2.75) is 0 Å². The van der Waals surface area contributed by atoms with Crippen LogP contribution in [-0.2, 0) is 0 Å². The molecule has 0 unspecified atom stereocenters. The Kier molecular flexibility index (Phi) is 4.22. The summed E-state index contributed by atoms with van der Waals surface area (Å²) < 4.78 is 0.735. The predicted molar refractivity (Wildman–Crippen MR) is 76.4 cm³/mol. The molecule has 1 aromatic heterocycles. The quantitative estimate of drug-likeness (QED) is 0.876. The van der Waals surface area contributed by atoms with Crippen molar-refractivity contribution in [3.05, 3.63) is 56.6 Å². The summed E-state index contributed by atoms with van der Waals surface area (Å²) in [6.45, 7) is 0. The number of pyridine rings is 1. The van der Waals surface area contributed by atoms with Crippen LogP contribution >= 0.6 is 39.1 Å². The third-order valence-electron chi connectivity index (χ3n) is 2.09. The summed E-state index contributed by atoms with van der Waals surface area (Å²) in [5, 5.41) is 3.63. The van der Waals surface area contributed by atoms with E-state index < -0.39 is 0 Å². The van der Waals surface area contributed by atoms with Crippen LogP contribution in [0.5, 0.6) is 0 Å². The molecule has 3 nitrogen and oxygen atoms in total. The number of nitrogens with zero attached hydrogens (tertiary/aromatic N) is 1. The molecule has 0 aliphatic carbocycles. The summed E-state index contributed by atoms with van der Waals surface area (Å²) in [5.41, 5.74) is 0.441. The Morgan fingerprint density at radius 1 is 1.17 bits per heavy atom. The third kappa shape index (κ3) is 3.45. The molecule has 1 amide bonds. The van der Waals surface area contributed by atoms with Gasteiger partial charge in [0.05, 0.1) is 0 Å². The summed E-state index contributed by atoms with van der Waals surface area (Å²) in [5.74, 6) is 0.0940. The highest BCUT2D eigenvalue weighted by molar-refractivity contribution is 9.10. The van der Waals surface area contributed by atoms with Gasteiger partial charge in [-0.05, 0) is 30.3 Å². The summed E-state index contributed by atoms with van der Waals surface area (Å²) in [6.07, 6.45) is 1.52. The van der Waals surface area contributed by atoms with E-state index in [0.717, 1.165) is 4.47 Å². The van der Waals surface area contributed by atoms with Crippen molar-refractivity contribution in [1.29, 1.82) is 0 Å². The van der Waals surface area contributed by atoms with Crippen LogP contribution in [0.3, 0.4) is 0 Å². The van der Waals surface area contributed by atoms with Crippen molar-refractivity contribution < 1.29 is 4.79 Å². The highest BCUT2D eigenvalue weighted by atomic mass is 79.9. The van der Waals surface area contributed by atoms with Gasteiger partial charge in [-0.1, -0.05) is 39.1 Å². The first-order valence-electron chi connectivity index (χ1n) is 4.93. The second-order valence-corrected chi connectivity index (χ2v) is 5.26. The molecule has 2 rings (SSSR count). The van der Waals surface area contributed by atoms with Crippen LogP contribution in [0, 0.1) is 0 Å². The molecular formula is C12H7BrCl2N2O. The third-order valence-corrected chi connectivity index (χ3v) is 3.00. The van der Waals surface area contributed by atoms with Crippen molar-refractivity contribution in [1.82, 2.24) is 4.98 Å². The van der Waals surface area contributed by atoms with Gasteiger partial charge in [-0.3, -0.25) is 4.79 Å². The molecule has 0 bridgehead atoms. The molecule has 0 atom stereocenters. The maximum Gasteiger partial charge on any atom is 0.256 e. The topological polar surface area (TPSA) is 42.0 Å². The summed E-state index contributed by atoms with van der Waals surface area (Å²) >= 11 is 15.0. The van der Waals surface area contributed by atoms with Gasteiger partial charge in [-0.2, -0.15) is 0 Å². The average Bonchev–Trinajstić information content (AvgIpc) is 2.27. The normalized spacial score (nSPS) is 10.2. The van der Waals surface area contributed by atoms with Gasteiger partial charge in [0, 0.05) is 26.3 Å². The van der Waals surface area contributed by atoms with Crippen molar-refractivity contribution in [2.75, 3.05) is 5.32 Å². The fraction of sp³-hybridized carbons (Fsp3) is 0. The van der Waals surface area contributed by atoms with Gasteiger partial charge in [0.25, 0.3) is 5.91 Å². The highest BCUT2D eigenvalue weighted by Gasteiger charge is 2.09. The first kappa shape index (κ1) is 13.3. The maximum atomic E-state index is 12.0. The number of amides is 1. The van der Waals surface area contributed by atoms with Gasteiger partial charge < -0.3 is 5.32 Å². The Labute approximate surface area is 122 Å². The van der Waals surface area contributed by atoms with E-state index in [2.05, 4.69) is 26.2 Å². The summed E-state index contributed by atoms with van der Waals surface area (Å²) in [7, 11) is 0. The zero-order valence-corrected chi connectivity index (χ0v) is 12.1. The van der Waals surface area contributed by atoms with E-state index in [0.29, 0.717) is 21.4 Å². The molecule has 0 fully saturated rings. The molecule has 0 aliphatic heterocycles. The van der Waals surface area contributed by atoms with Crippen LogP contribution in [0.2, 0.25) is 10.0 Å². The van der Waals surface area contributed by atoms with Gasteiger partial charge in [0.1, 0.15) is 5.82 Å². The van der Waals surface area contributed by atoms with Crippen molar-refractivity contribution in [3.8, 4) is 0 Å². The number of hydrogen-bond donors (Lipinski definition) is 1. The maximum absolute atomic E-state index is 12.0. The average molecular weight is 346 g/mol. The summed E-state index contributed by atoms with van der Waals surface area (Å²) in [4.78, 5) is 15.9. The van der Waals surface area contributed by atoms with Gasteiger partial charge >= 0.3 is 0 Å². The molecule has 2 aromatic rings. The SMILES string of the molecule is O=C(Nc1cc(Cl)ccn1)c1cc(Cl)cc(Br)c1. The van der Waals surface area contributed by atoms with Crippen LogP contribution < -0.4 is 5.32 Å². The number of aromatic nitrogens is 1. The van der Waals surface area contributed by atoms with E-state index in [1.807, 2.05) is 0 Å². The van der Waals surface area contributed by atoms with Crippen molar-refractivity contribution in [2.24, 2.45) is 0 Å². The molecule has 1 N–H and O–H groups in total. The van der Waals surface area contributed by atoms with Crippen LogP contribution in [0.1, 0.15) is 10.4 Å². The second-order valence-electron chi connectivity index (χ2n) is 3.47. The zero-order valence-electron chi connectivity index (χ0n) is 8.95. The Morgan fingerprint density at radius 2 is 1.94 bits per heavy atom. The standard InChI is InChI=1S/C12H7BrCl2N2O/c13-8-3-7(4-10(15)5-8)12(18)17-11-6-9(14)1-2-16-11/h1-6H,(H,16,17,18). The molecule has 1 aromatic carbocycles.